The third kappa shape index (κ3) is 2.72. The van der Waals surface area contributed by atoms with Gasteiger partial charge in [-0.15, -0.1) is 0 Å². The zero-order valence-corrected chi connectivity index (χ0v) is 13.6. The summed E-state index contributed by atoms with van der Waals surface area (Å²) in [6.45, 7) is 0. The second-order valence-electron chi connectivity index (χ2n) is 3.43. The van der Waals surface area contributed by atoms with E-state index in [0.717, 1.165) is 3.08 Å². The Morgan fingerprint density at radius 1 is 0.933 bits per heavy atom. The van der Waals surface area contributed by atoms with Gasteiger partial charge in [-0.25, -0.2) is 0 Å². The van der Waals surface area contributed by atoms with Gasteiger partial charge in [0.05, 0.1) is 0 Å². The molecule has 1 aromatic carbocycles. The Bertz CT molecular complexity index is 458. The van der Waals surface area contributed by atoms with Crippen molar-refractivity contribution in [2.24, 2.45) is 0 Å². The maximum atomic E-state index is 11.5. The molecule has 2 nitrogen and oxygen atoms in total. The van der Waals surface area contributed by atoms with Crippen molar-refractivity contribution in [2.75, 3.05) is 0 Å². The summed E-state index contributed by atoms with van der Waals surface area (Å²) in [7, 11) is 0. The van der Waals surface area contributed by atoms with E-state index in [2.05, 4.69) is 0 Å². The van der Waals surface area contributed by atoms with E-state index in [1.54, 1.807) is 0 Å². The summed E-state index contributed by atoms with van der Waals surface area (Å²) >= 11 is -1.59. The number of rotatable bonds is 2. The molecule has 0 aliphatic heterocycles. The number of carbonyl (C=O) groups excluding carboxylic acids is 2. The van der Waals surface area contributed by atoms with E-state index in [-0.39, 0.29) is 11.6 Å². The van der Waals surface area contributed by atoms with Gasteiger partial charge in [-0.2, -0.15) is 0 Å². The molecule has 0 unspecified atom stereocenters. The molecule has 0 N–H and O–H groups in total. The van der Waals surface area contributed by atoms with E-state index in [4.69, 9.17) is 0 Å². The van der Waals surface area contributed by atoms with Gasteiger partial charge in [0.15, 0.2) is 0 Å². The number of hydrogen-bond donors (Lipinski definition) is 0. The van der Waals surface area contributed by atoms with Gasteiger partial charge in [-0.05, 0) is 0 Å². The van der Waals surface area contributed by atoms with E-state index < -0.39 is 24.6 Å². The average Bonchev–Trinajstić information content (AvgIpc) is 2.25. The summed E-state index contributed by atoms with van der Waals surface area (Å²) in [6, 6.07) is 9.98. The van der Waals surface area contributed by atoms with E-state index in [0.29, 0.717) is 0 Å². The summed E-state index contributed by atoms with van der Waals surface area (Å²) in [4.78, 5) is 22.6. The minimum absolute atomic E-state index is 0.0279. The Labute approximate surface area is 100 Å². The number of allylic oxidation sites excluding steroid dienone is 4. The van der Waals surface area contributed by atoms with Gasteiger partial charge in [-0.1, -0.05) is 0 Å². The summed E-state index contributed by atoms with van der Waals surface area (Å²) in [5.41, 5.74) is 0. The van der Waals surface area contributed by atoms with Crippen LogP contribution in [0.2, 0.25) is 0 Å². The van der Waals surface area contributed by atoms with Crippen molar-refractivity contribution in [3.63, 3.8) is 0 Å². The Balaban J connectivity index is 2.19. The molecular formula is C12H8HgO2. The molecule has 0 bridgehead atoms. The standard InChI is InChI=1S/C6H3O2.C6H5.Hg/c7-5-1-2-6(8)4-3-5;1-2-4-6-5-3-1;/h1-3H;1-5H;. The molecule has 0 saturated carbocycles. The van der Waals surface area contributed by atoms with Crippen molar-refractivity contribution in [1.82, 2.24) is 0 Å². The minimum atomic E-state index is -1.59. The van der Waals surface area contributed by atoms with Crippen LogP contribution < -0.4 is 3.07 Å². The van der Waals surface area contributed by atoms with E-state index in [1.807, 2.05) is 30.3 Å². The molecule has 0 saturated heterocycles. The number of ketones is 2. The fourth-order valence-electron chi connectivity index (χ4n) is 1.51. The van der Waals surface area contributed by atoms with Gasteiger partial charge < -0.3 is 0 Å². The number of carbonyl (C=O) groups is 2. The first-order valence-corrected chi connectivity index (χ1v) is 10.3. The third-order valence-electron chi connectivity index (χ3n) is 2.27. The molecule has 1 aliphatic rings. The predicted octanol–water partition coefficient (Wildman–Crippen LogP) is 0.986. The molecule has 3 heteroatoms. The van der Waals surface area contributed by atoms with Crippen LogP contribution >= 0.6 is 0 Å². The quantitative estimate of drug-likeness (QED) is 0.563. The summed E-state index contributed by atoms with van der Waals surface area (Å²) < 4.78 is 2.05. The average molecular weight is 385 g/mol. The molecule has 0 fully saturated rings. The third-order valence-corrected chi connectivity index (χ3v) is 9.32. The SMILES string of the molecule is O=C1C=CC(=O)[C]([Hg][c]2ccccc2)=C1. The molecule has 70 valence electrons. The first-order valence-electron chi connectivity index (χ1n) is 4.76. The molecule has 2 rings (SSSR count). The van der Waals surface area contributed by atoms with Crippen LogP contribution in [-0.2, 0) is 34.2 Å². The van der Waals surface area contributed by atoms with Gasteiger partial charge in [0.1, 0.15) is 0 Å². The fourth-order valence-corrected chi connectivity index (χ4v) is 7.51. The van der Waals surface area contributed by atoms with Crippen LogP contribution in [0.4, 0.5) is 0 Å². The van der Waals surface area contributed by atoms with Gasteiger partial charge in [0.25, 0.3) is 0 Å². The van der Waals surface area contributed by atoms with Crippen LogP contribution in [0, 0.1) is 0 Å². The van der Waals surface area contributed by atoms with Crippen molar-refractivity contribution in [3.8, 4) is 0 Å². The molecule has 0 heterocycles. The van der Waals surface area contributed by atoms with Crippen LogP contribution in [0.5, 0.6) is 0 Å². The van der Waals surface area contributed by atoms with Crippen molar-refractivity contribution in [2.45, 2.75) is 0 Å². The van der Waals surface area contributed by atoms with Crippen LogP contribution in [0.1, 0.15) is 0 Å². The number of benzene rings is 1. The van der Waals surface area contributed by atoms with Crippen LogP contribution in [0.15, 0.2) is 51.6 Å². The molecule has 0 aromatic heterocycles. The van der Waals surface area contributed by atoms with Crippen molar-refractivity contribution in [3.05, 3.63) is 51.6 Å². The van der Waals surface area contributed by atoms with Gasteiger partial charge in [0.2, 0.25) is 0 Å². The van der Waals surface area contributed by atoms with Gasteiger partial charge in [0, 0.05) is 0 Å². The number of hydrogen-bond acceptors (Lipinski definition) is 2. The van der Waals surface area contributed by atoms with E-state index in [1.165, 1.54) is 21.3 Å². The Morgan fingerprint density at radius 2 is 1.67 bits per heavy atom. The van der Waals surface area contributed by atoms with Crippen molar-refractivity contribution >= 4 is 14.6 Å². The van der Waals surface area contributed by atoms with Gasteiger partial charge in [-0.3, -0.25) is 0 Å². The second kappa shape index (κ2) is 4.66. The monoisotopic (exact) mass is 386 g/mol. The molecule has 15 heavy (non-hydrogen) atoms. The van der Waals surface area contributed by atoms with Gasteiger partial charge >= 0.3 is 100 Å². The first kappa shape index (κ1) is 10.5. The van der Waals surface area contributed by atoms with Crippen LogP contribution in [0.3, 0.4) is 0 Å². The molecule has 0 atom stereocenters. The van der Waals surface area contributed by atoms with E-state index >= 15 is 0 Å². The second-order valence-corrected chi connectivity index (χ2v) is 10.9. The Hall–Kier alpha value is -1.02. The summed E-state index contributed by atoms with van der Waals surface area (Å²) in [5.74, 6) is -0.0272. The molecule has 0 spiro atoms. The summed E-state index contributed by atoms with van der Waals surface area (Å²) in [6.07, 6.45) is 4.24. The Morgan fingerprint density at radius 3 is 2.40 bits per heavy atom. The van der Waals surface area contributed by atoms with Crippen molar-refractivity contribution < 1.29 is 34.2 Å². The molecule has 1 aromatic rings. The normalized spacial score (nSPS) is 14.8. The molecule has 0 radical (unpaired) electrons. The molecule has 1 aliphatic carbocycles. The Kier molecular flexibility index (Phi) is 3.26. The van der Waals surface area contributed by atoms with Crippen LogP contribution in [-0.4, -0.2) is 11.6 Å². The van der Waals surface area contributed by atoms with E-state index in [9.17, 15) is 9.59 Å². The zero-order valence-electron chi connectivity index (χ0n) is 8.14. The molecular weight excluding hydrogens is 377 g/mol. The topological polar surface area (TPSA) is 34.1 Å². The zero-order chi connectivity index (χ0) is 10.7. The maximum absolute atomic E-state index is 11.5. The molecule has 0 amide bonds. The fraction of sp³-hybridized carbons (Fsp3) is 0. The first-order chi connectivity index (χ1) is 7.25. The predicted molar refractivity (Wildman–Crippen MR) is 53.3 cm³/mol. The summed E-state index contributed by atoms with van der Waals surface area (Å²) in [5, 5.41) is 0. The van der Waals surface area contributed by atoms with Crippen molar-refractivity contribution in [1.29, 1.82) is 0 Å². The van der Waals surface area contributed by atoms with Crippen LogP contribution in [0.25, 0.3) is 0 Å².